The summed E-state index contributed by atoms with van der Waals surface area (Å²) in [5, 5.41) is -1.38. The van der Waals surface area contributed by atoms with Gasteiger partial charge in [-0.15, -0.1) is 11.3 Å². The van der Waals surface area contributed by atoms with E-state index in [1.165, 1.54) is 0 Å². The molecular weight excluding hydrogens is 263 g/mol. The molecule has 0 saturated heterocycles. The maximum absolute atomic E-state index is 11.0. The van der Waals surface area contributed by atoms with E-state index in [4.69, 9.17) is 32.7 Å². The molecule has 0 saturated carbocycles. The summed E-state index contributed by atoms with van der Waals surface area (Å²) in [6, 6.07) is 0. The van der Waals surface area contributed by atoms with Crippen molar-refractivity contribution in [2.24, 2.45) is 0 Å². The monoisotopic (exact) mass is 266 g/mol. The van der Waals surface area contributed by atoms with Crippen molar-refractivity contribution in [3.63, 3.8) is 0 Å². The highest BCUT2D eigenvalue weighted by molar-refractivity contribution is 7.19. The molecule has 1 aliphatic rings. The molecule has 1 aromatic rings. The topological polar surface area (TPSA) is 52.6 Å². The minimum Gasteiger partial charge on any atom is -0.484 e. The van der Waals surface area contributed by atoms with Gasteiger partial charge in [-0.2, -0.15) is 0 Å². The lowest BCUT2D eigenvalue weighted by atomic mass is 10.3. The Balaban J connectivity index is 2.59. The van der Waals surface area contributed by atoms with Crippen LogP contribution < -0.4 is 9.47 Å². The molecule has 80 valence electrons. The predicted molar refractivity (Wildman–Crippen MR) is 55.7 cm³/mol. The van der Waals surface area contributed by atoms with Crippen LogP contribution in [0.4, 0.5) is 0 Å². The molecule has 0 aliphatic carbocycles. The van der Waals surface area contributed by atoms with Crippen molar-refractivity contribution < 1.29 is 19.1 Å². The number of fused-ring (bicyclic) bond motifs is 1. The summed E-state index contributed by atoms with van der Waals surface area (Å²) in [5.41, 5.74) is 0. The van der Waals surface area contributed by atoms with Crippen molar-refractivity contribution in [1.29, 1.82) is 0 Å². The van der Waals surface area contributed by atoms with E-state index in [2.05, 4.69) is 0 Å². The van der Waals surface area contributed by atoms with E-state index in [1.807, 2.05) is 0 Å². The minimum atomic E-state index is -0.689. The van der Waals surface area contributed by atoms with Gasteiger partial charge in [-0.1, -0.05) is 0 Å². The third-order valence-corrected chi connectivity index (χ3v) is 3.51. The predicted octanol–water partition coefficient (Wildman–Crippen LogP) is 2.28. The summed E-state index contributed by atoms with van der Waals surface area (Å²) in [6.07, 6.45) is 0. The van der Waals surface area contributed by atoms with Crippen molar-refractivity contribution in [3.8, 4) is 11.5 Å². The molecule has 0 N–H and O–H groups in total. The van der Waals surface area contributed by atoms with Gasteiger partial charge in [0, 0.05) is 0 Å². The lowest BCUT2D eigenvalue weighted by molar-refractivity contribution is 0.106. The Morgan fingerprint density at radius 3 is 1.73 bits per heavy atom. The molecule has 0 bridgehead atoms. The molecular formula is C8H4Cl2O4S. The largest absolute Gasteiger partial charge is 0.484 e. The molecule has 0 fully saturated rings. The molecule has 0 aromatic carbocycles. The van der Waals surface area contributed by atoms with Gasteiger partial charge in [-0.3, -0.25) is 9.59 Å². The highest BCUT2D eigenvalue weighted by Crippen LogP contribution is 2.45. The molecule has 0 amide bonds. The molecule has 1 aromatic heterocycles. The number of carbonyl (C=O) groups is 2. The van der Waals surface area contributed by atoms with Crippen LogP contribution in [-0.2, 0) is 0 Å². The van der Waals surface area contributed by atoms with Crippen molar-refractivity contribution >= 4 is 45.0 Å². The molecule has 7 heteroatoms. The molecule has 15 heavy (non-hydrogen) atoms. The first-order chi connectivity index (χ1) is 7.11. The van der Waals surface area contributed by atoms with Crippen LogP contribution in [0, 0.1) is 0 Å². The van der Waals surface area contributed by atoms with Crippen molar-refractivity contribution in [2.75, 3.05) is 13.2 Å². The number of thiophene rings is 1. The SMILES string of the molecule is O=C(Cl)c1sc(C(=O)Cl)c2c1OCCO2. The summed E-state index contributed by atoms with van der Waals surface area (Å²) in [5.74, 6) is 0.436. The van der Waals surface area contributed by atoms with Gasteiger partial charge in [0.25, 0.3) is 10.5 Å². The molecule has 0 spiro atoms. The second-order valence-electron chi connectivity index (χ2n) is 2.66. The van der Waals surface area contributed by atoms with Crippen molar-refractivity contribution in [2.45, 2.75) is 0 Å². The van der Waals surface area contributed by atoms with E-state index in [9.17, 15) is 9.59 Å². The second-order valence-corrected chi connectivity index (χ2v) is 4.37. The van der Waals surface area contributed by atoms with Gasteiger partial charge < -0.3 is 9.47 Å². The summed E-state index contributed by atoms with van der Waals surface area (Å²) < 4.78 is 10.4. The quantitative estimate of drug-likeness (QED) is 0.771. The maximum atomic E-state index is 11.0. The van der Waals surface area contributed by atoms with E-state index in [-0.39, 0.29) is 21.3 Å². The minimum absolute atomic E-state index is 0.148. The highest BCUT2D eigenvalue weighted by atomic mass is 35.5. The fourth-order valence-corrected chi connectivity index (χ4v) is 2.47. The number of hydrogen-bond acceptors (Lipinski definition) is 5. The average Bonchev–Trinajstić information content (AvgIpc) is 2.56. The fraction of sp³-hybridized carbons (Fsp3) is 0.250. The first kappa shape index (κ1) is 10.7. The smallest absolute Gasteiger partial charge is 0.266 e. The number of ether oxygens (including phenoxy) is 2. The Morgan fingerprint density at radius 2 is 1.40 bits per heavy atom. The first-order valence-electron chi connectivity index (χ1n) is 3.93. The van der Waals surface area contributed by atoms with Crippen LogP contribution in [0.1, 0.15) is 19.3 Å². The van der Waals surface area contributed by atoms with Crippen LogP contribution in [0.25, 0.3) is 0 Å². The fourth-order valence-electron chi connectivity index (χ4n) is 1.21. The maximum Gasteiger partial charge on any atom is 0.266 e. The first-order valence-corrected chi connectivity index (χ1v) is 5.50. The van der Waals surface area contributed by atoms with E-state index in [1.54, 1.807) is 0 Å². The summed E-state index contributed by atoms with van der Waals surface area (Å²) in [4.78, 5) is 22.4. The van der Waals surface area contributed by atoms with Gasteiger partial charge in [0.2, 0.25) is 0 Å². The molecule has 1 aliphatic heterocycles. The number of hydrogen-bond donors (Lipinski definition) is 0. The zero-order valence-corrected chi connectivity index (χ0v) is 9.54. The van der Waals surface area contributed by atoms with E-state index in [0.717, 1.165) is 11.3 Å². The van der Waals surface area contributed by atoms with Crippen LogP contribution >= 0.6 is 34.5 Å². The van der Waals surface area contributed by atoms with Crippen LogP contribution in [0.5, 0.6) is 11.5 Å². The number of carbonyl (C=O) groups excluding carboxylic acids is 2. The Labute approximate surface area is 98.7 Å². The van der Waals surface area contributed by atoms with E-state index >= 15 is 0 Å². The van der Waals surface area contributed by atoms with Crippen LogP contribution in [0.3, 0.4) is 0 Å². The summed E-state index contributed by atoms with van der Waals surface area (Å²) in [6.45, 7) is 0.633. The lowest BCUT2D eigenvalue weighted by Crippen LogP contribution is -2.16. The standard InChI is InChI=1S/C8H4Cl2O4S/c9-7(11)5-3-4(14-2-1-13-3)6(15-5)8(10)12/h1-2H2. The highest BCUT2D eigenvalue weighted by Gasteiger charge is 2.29. The molecule has 2 rings (SSSR count). The van der Waals surface area contributed by atoms with E-state index < -0.39 is 10.5 Å². The Kier molecular flexibility index (Phi) is 2.86. The van der Waals surface area contributed by atoms with Gasteiger partial charge in [0.05, 0.1) is 0 Å². The van der Waals surface area contributed by atoms with Gasteiger partial charge in [-0.05, 0) is 23.2 Å². The Hall–Kier alpha value is -0.780. The van der Waals surface area contributed by atoms with E-state index in [0.29, 0.717) is 13.2 Å². The van der Waals surface area contributed by atoms with Crippen LogP contribution in [0.2, 0.25) is 0 Å². The molecule has 4 nitrogen and oxygen atoms in total. The normalized spacial score (nSPS) is 13.7. The summed E-state index contributed by atoms with van der Waals surface area (Å²) in [7, 11) is 0. The zero-order chi connectivity index (χ0) is 11.0. The Bertz CT molecular complexity index is 402. The van der Waals surface area contributed by atoms with Gasteiger partial charge in [0.1, 0.15) is 23.0 Å². The molecule has 0 atom stereocenters. The van der Waals surface area contributed by atoms with Crippen molar-refractivity contribution in [1.82, 2.24) is 0 Å². The molecule has 0 unspecified atom stereocenters. The van der Waals surface area contributed by atoms with Crippen LogP contribution in [-0.4, -0.2) is 23.7 Å². The molecule has 2 heterocycles. The number of halogens is 2. The zero-order valence-electron chi connectivity index (χ0n) is 7.21. The van der Waals surface area contributed by atoms with Gasteiger partial charge in [0.15, 0.2) is 11.5 Å². The Morgan fingerprint density at radius 1 is 1.00 bits per heavy atom. The number of rotatable bonds is 2. The third-order valence-electron chi connectivity index (χ3n) is 1.76. The van der Waals surface area contributed by atoms with Gasteiger partial charge >= 0.3 is 0 Å². The molecule has 0 radical (unpaired) electrons. The average molecular weight is 267 g/mol. The van der Waals surface area contributed by atoms with Crippen molar-refractivity contribution in [3.05, 3.63) is 9.75 Å². The van der Waals surface area contributed by atoms with Crippen LogP contribution in [0.15, 0.2) is 0 Å². The van der Waals surface area contributed by atoms with Gasteiger partial charge in [-0.25, -0.2) is 0 Å². The third kappa shape index (κ3) is 1.82. The summed E-state index contributed by atoms with van der Waals surface area (Å²) >= 11 is 11.6. The lowest BCUT2D eigenvalue weighted by Gasteiger charge is -2.15. The second kappa shape index (κ2) is 4.00.